The summed E-state index contributed by atoms with van der Waals surface area (Å²) in [5, 5.41) is 10.8. The van der Waals surface area contributed by atoms with Crippen molar-refractivity contribution in [1.82, 2.24) is 4.72 Å². The van der Waals surface area contributed by atoms with Crippen LogP contribution in [0.3, 0.4) is 0 Å². The Morgan fingerprint density at radius 1 is 1.14 bits per heavy atom. The summed E-state index contributed by atoms with van der Waals surface area (Å²) >= 11 is 0. The number of anilines is 1. The van der Waals surface area contributed by atoms with Gasteiger partial charge in [0, 0.05) is 23.9 Å². The molecule has 0 atom stereocenters. The number of carbonyl (C=O) groups excluding carboxylic acids is 1. The first-order valence-electron chi connectivity index (χ1n) is 6.05. The lowest BCUT2D eigenvalue weighted by Gasteiger charge is -2.10. The second-order valence-electron chi connectivity index (χ2n) is 4.46. The van der Waals surface area contributed by atoms with E-state index in [1.54, 1.807) is 13.8 Å². The van der Waals surface area contributed by atoms with E-state index in [-0.39, 0.29) is 10.9 Å². The number of hydrogen-bond donors (Lipinski definition) is 3. The van der Waals surface area contributed by atoms with Gasteiger partial charge in [-0.2, -0.15) is 0 Å². The van der Waals surface area contributed by atoms with Crippen molar-refractivity contribution in [3.63, 3.8) is 0 Å². The van der Waals surface area contributed by atoms with E-state index >= 15 is 0 Å². The molecule has 0 saturated carbocycles. The maximum Gasteiger partial charge on any atom is 0.328 e. The summed E-state index contributed by atoms with van der Waals surface area (Å²) in [4.78, 5) is 21.7. The van der Waals surface area contributed by atoms with Crippen LogP contribution in [0.1, 0.15) is 13.8 Å². The lowest BCUT2D eigenvalue weighted by Crippen LogP contribution is -2.30. The van der Waals surface area contributed by atoms with Crippen LogP contribution in [-0.2, 0) is 19.6 Å². The molecule has 1 aromatic rings. The zero-order chi connectivity index (χ0) is 16.0. The molecular weight excluding hydrogens is 296 g/mol. The van der Waals surface area contributed by atoms with E-state index in [1.807, 2.05) is 0 Å². The van der Waals surface area contributed by atoms with E-state index in [2.05, 4.69) is 10.0 Å². The van der Waals surface area contributed by atoms with Crippen molar-refractivity contribution in [2.24, 2.45) is 0 Å². The number of rotatable bonds is 6. The number of hydrogen-bond acceptors (Lipinski definition) is 4. The topological polar surface area (TPSA) is 113 Å². The lowest BCUT2D eigenvalue weighted by atomic mass is 10.3. The highest BCUT2D eigenvalue weighted by Crippen LogP contribution is 2.14. The standard InChI is InChI=1S/C13H16N2O5S/c1-9(2)15-21(19,20)11-5-3-10(4-6-11)14-12(16)7-8-13(17)18/h3-9,15H,1-2H3,(H,14,16)(H,17,18). The minimum Gasteiger partial charge on any atom is -0.478 e. The first kappa shape index (κ1) is 16.9. The number of nitrogens with one attached hydrogen (secondary N) is 2. The quantitative estimate of drug-likeness (QED) is 0.677. The number of benzene rings is 1. The van der Waals surface area contributed by atoms with E-state index in [0.29, 0.717) is 11.8 Å². The van der Waals surface area contributed by atoms with Crippen LogP contribution in [0, 0.1) is 0 Å². The van der Waals surface area contributed by atoms with Gasteiger partial charge < -0.3 is 10.4 Å². The van der Waals surface area contributed by atoms with Crippen molar-refractivity contribution in [1.29, 1.82) is 0 Å². The molecule has 0 aliphatic rings. The molecule has 0 aliphatic carbocycles. The molecule has 8 heteroatoms. The van der Waals surface area contributed by atoms with Crippen molar-refractivity contribution < 1.29 is 23.1 Å². The first-order valence-corrected chi connectivity index (χ1v) is 7.53. The van der Waals surface area contributed by atoms with Gasteiger partial charge in [-0.25, -0.2) is 17.9 Å². The average Bonchev–Trinajstić information content (AvgIpc) is 2.35. The molecule has 0 heterocycles. The molecule has 21 heavy (non-hydrogen) atoms. The number of carbonyl (C=O) groups is 2. The normalized spacial score (nSPS) is 11.8. The van der Waals surface area contributed by atoms with E-state index in [0.717, 1.165) is 6.08 Å². The second-order valence-corrected chi connectivity index (χ2v) is 6.18. The molecule has 0 aromatic heterocycles. The van der Waals surface area contributed by atoms with E-state index < -0.39 is 21.9 Å². The lowest BCUT2D eigenvalue weighted by molar-refractivity contribution is -0.131. The maximum absolute atomic E-state index is 11.9. The molecule has 1 amide bonds. The third-order valence-electron chi connectivity index (χ3n) is 2.20. The SMILES string of the molecule is CC(C)NS(=O)(=O)c1ccc(NC(=O)C=CC(=O)O)cc1. The van der Waals surface area contributed by atoms with Crippen LogP contribution < -0.4 is 10.0 Å². The number of sulfonamides is 1. The van der Waals surface area contributed by atoms with Gasteiger partial charge in [0.05, 0.1) is 4.90 Å². The Kier molecular flexibility index (Phi) is 5.62. The summed E-state index contributed by atoms with van der Waals surface area (Å²) < 4.78 is 26.2. The number of carboxylic acids is 1. The summed E-state index contributed by atoms with van der Waals surface area (Å²) in [6.45, 7) is 3.42. The van der Waals surface area contributed by atoms with Crippen LogP contribution >= 0.6 is 0 Å². The van der Waals surface area contributed by atoms with Gasteiger partial charge in [0.2, 0.25) is 15.9 Å². The van der Waals surface area contributed by atoms with Gasteiger partial charge in [-0.3, -0.25) is 4.79 Å². The molecule has 0 saturated heterocycles. The van der Waals surface area contributed by atoms with Crippen LogP contribution in [0.5, 0.6) is 0 Å². The molecule has 1 aromatic carbocycles. The minimum absolute atomic E-state index is 0.0790. The Morgan fingerprint density at radius 2 is 1.71 bits per heavy atom. The Hall–Kier alpha value is -2.19. The second kappa shape index (κ2) is 7.00. The van der Waals surface area contributed by atoms with Crippen molar-refractivity contribution in [2.75, 3.05) is 5.32 Å². The third kappa shape index (κ3) is 5.76. The minimum atomic E-state index is -3.58. The van der Waals surface area contributed by atoms with Crippen LogP contribution in [0.2, 0.25) is 0 Å². The van der Waals surface area contributed by atoms with Crippen LogP contribution in [0.15, 0.2) is 41.3 Å². The smallest absolute Gasteiger partial charge is 0.328 e. The van der Waals surface area contributed by atoms with Crippen molar-refractivity contribution in [3.05, 3.63) is 36.4 Å². The van der Waals surface area contributed by atoms with Gasteiger partial charge in [-0.05, 0) is 38.1 Å². The molecule has 0 aliphatic heterocycles. The summed E-state index contributed by atoms with van der Waals surface area (Å²) in [6.07, 6.45) is 1.58. The fourth-order valence-corrected chi connectivity index (χ4v) is 2.68. The van der Waals surface area contributed by atoms with Gasteiger partial charge in [-0.1, -0.05) is 0 Å². The molecule has 3 N–H and O–H groups in total. The number of carboxylic acid groups (broad SMARTS) is 1. The summed E-state index contributed by atoms with van der Waals surface area (Å²) in [5.41, 5.74) is 0.360. The molecule has 0 bridgehead atoms. The largest absolute Gasteiger partial charge is 0.478 e. The summed E-state index contributed by atoms with van der Waals surface area (Å²) in [6, 6.07) is 5.31. The zero-order valence-corrected chi connectivity index (χ0v) is 12.3. The van der Waals surface area contributed by atoms with E-state index in [9.17, 15) is 18.0 Å². The average molecular weight is 312 g/mol. The monoisotopic (exact) mass is 312 g/mol. The summed E-state index contributed by atoms with van der Waals surface area (Å²) in [7, 11) is -3.58. The van der Waals surface area contributed by atoms with Crippen molar-refractivity contribution >= 4 is 27.6 Å². The van der Waals surface area contributed by atoms with Crippen LogP contribution in [0.4, 0.5) is 5.69 Å². The Balaban J connectivity index is 2.79. The van der Waals surface area contributed by atoms with E-state index in [1.165, 1.54) is 24.3 Å². The Bertz CT molecular complexity index is 648. The fourth-order valence-electron chi connectivity index (χ4n) is 1.43. The van der Waals surface area contributed by atoms with Crippen LogP contribution in [0.25, 0.3) is 0 Å². The first-order chi connectivity index (χ1) is 9.70. The summed E-state index contributed by atoms with van der Waals surface area (Å²) in [5.74, 6) is -1.85. The van der Waals surface area contributed by atoms with Crippen molar-refractivity contribution in [3.8, 4) is 0 Å². The molecule has 0 spiro atoms. The Labute approximate surface area is 122 Å². The molecule has 114 valence electrons. The van der Waals surface area contributed by atoms with Crippen molar-refractivity contribution in [2.45, 2.75) is 24.8 Å². The molecule has 1 rings (SSSR count). The Morgan fingerprint density at radius 3 is 2.19 bits per heavy atom. The highest BCUT2D eigenvalue weighted by Gasteiger charge is 2.14. The van der Waals surface area contributed by atoms with Gasteiger partial charge in [0.25, 0.3) is 0 Å². The number of amides is 1. The number of aliphatic carboxylic acids is 1. The molecule has 7 nitrogen and oxygen atoms in total. The third-order valence-corrected chi connectivity index (χ3v) is 3.87. The van der Waals surface area contributed by atoms with Gasteiger partial charge in [0.1, 0.15) is 0 Å². The maximum atomic E-state index is 11.9. The van der Waals surface area contributed by atoms with Crippen LogP contribution in [-0.4, -0.2) is 31.4 Å². The predicted molar refractivity (Wildman–Crippen MR) is 77.3 cm³/mol. The fraction of sp³-hybridized carbons (Fsp3) is 0.231. The van der Waals surface area contributed by atoms with Gasteiger partial charge in [-0.15, -0.1) is 0 Å². The molecule has 0 unspecified atom stereocenters. The van der Waals surface area contributed by atoms with E-state index in [4.69, 9.17) is 5.11 Å². The molecule has 0 fully saturated rings. The van der Waals surface area contributed by atoms with Gasteiger partial charge >= 0.3 is 5.97 Å². The highest BCUT2D eigenvalue weighted by atomic mass is 32.2. The predicted octanol–water partition coefficient (Wildman–Crippen LogP) is 0.953. The highest BCUT2D eigenvalue weighted by molar-refractivity contribution is 7.89. The van der Waals surface area contributed by atoms with Gasteiger partial charge in [0.15, 0.2) is 0 Å². The zero-order valence-electron chi connectivity index (χ0n) is 11.5. The molecular formula is C13H16N2O5S. The molecule has 0 radical (unpaired) electrons.